The van der Waals surface area contributed by atoms with Crippen molar-refractivity contribution in [1.29, 1.82) is 0 Å². The van der Waals surface area contributed by atoms with Gasteiger partial charge in [-0.05, 0) is 24.8 Å². The number of nitrogens with zero attached hydrogens (tertiary/aromatic N) is 1. The summed E-state index contributed by atoms with van der Waals surface area (Å²) in [4.78, 5) is 15.9. The highest BCUT2D eigenvalue weighted by molar-refractivity contribution is 7.98. The summed E-state index contributed by atoms with van der Waals surface area (Å²) < 4.78 is 0. The van der Waals surface area contributed by atoms with Gasteiger partial charge >= 0.3 is 0 Å². The zero-order valence-corrected chi connectivity index (χ0v) is 9.93. The Kier molecular flexibility index (Phi) is 5.18. The third-order valence-corrected chi connectivity index (χ3v) is 2.74. The lowest BCUT2D eigenvalue weighted by Crippen LogP contribution is -2.25. The Balaban J connectivity index is 2.64. The molecule has 0 fully saturated rings. The van der Waals surface area contributed by atoms with Crippen molar-refractivity contribution in [3.63, 3.8) is 0 Å². The Morgan fingerprint density at radius 3 is 3.07 bits per heavy atom. The van der Waals surface area contributed by atoms with Gasteiger partial charge < -0.3 is 5.32 Å². The van der Waals surface area contributed by atoms with Crippen molar-refractivity contribution in [2.24, 2.45) is 0 Å². The average molecular weight is 224 g/mol. The number of thioether (sulfide) groups is 1. The SMILES string of the molecule is CCCCNC(=O)c1cccnc1SC. The van der Waals surface area contributed by atoms with Gasteiger partial charge in [-0.15, -0.1) is 11.8 Å². The fraction of sp³-hybridized carbons (Fsp3) is 0.455. The van der Waals surface area contributed by atoms with Crippen LogP contribution in [0.3, 0.4) is 0 Å². The molecule has 1 amide bonds. The van der Waals surface area contributed by atoms with E-state index in [2.05, 4.69) is 17.2 Å². The molecule has 0 spiro atoms. The summed E-state index contributed by atoms with van der Waals surface area (Å²) in [6, 6.07) is 3.59. The van der Waals surface area contributed by atoms with Crippen LogP contribution < -0.4 is 5.32 Å². The van der Waals surface area contributed by atoms with Crippen LogP contribution in [0.2, 0.25) is 0 Å². The van der Waals surface area contributed by atoms with Gasteiger partial charge in [-0.3, -0.25) is 4.79 Å². The number of amides is 1. The first kappa shape index (κ1) is 12.0. The zero-order chi connectivity index (χ0) is 11.1. The predicted octanol–water partition coefficient (Wildman–Crippen LogP) is 2.33. The molecular weight excluding hydrogens is 208 g/mol. The molecule has 0 unspecified atom stereocenters. The van der Waals surface area contributed by atoms with E-state index in [-0.39, 0.29) is 5.91 Å². The van der Waals surface area contributed by atoms with Crippen LogP contribution in [0.25, 0.3) is 0 Å². The lowest BCUT2D eigenvalue weighted by atomic mass is 10.2. The first-order valence-corrected chi connectivity index (χ1v) is 6.29. The minimum absolute atomic E-state index is 0.0269. The Hall–Kier alpha value is -1.03. The monoisotopic (exact) mass is 224 g/mol. The van der Waals surface area contributed by atoms with E-state index in [9.17, 15) is 4.79 Å². The molecule has 0 aliphatic rings. The molecule has 0 atom stereocenters. The van der Waals surface area contributed by atoms with Crippen molar-refractivity contribution >= 4 is 17.7 Å². The highest BCUT2D eigenvalue weighted by Crippen LogP contribution is 2.16. The first-order valence-electron chi connectivity index (χ1n) is 5.06. The van der Waals surface area contributed by atoms with Crippen LogP contribution in [0.5, 0.6) is 0 Å². The molecule has 1 heterocycles. The number of unbranched alkanes of at least 4 members (excludes halogenated alkanes) is 1. The summed E-state index contributed by atoms with van der Waals surface area (Å²) in [6.07, 6.45) is 5.73. The molecule has 0 saturated heterocycles. The molecule has 15 heavy (non-hydrogen) atoms. The third kappa shape index (κ3) is 3.55. The topological polar surface area (TPSA) is 42.0 Å². The molecule has 0 aliphatic heterocycles. The van der Waals surface area contributed by atoms with Gasteiger partial charge in [0.15, 0.2) is 0 Å². The van der Waals surface area contributed by atoms with Crippen molar-refractivity contribution in [2.45, 2.75) is 24.8 Å². The van der Waals surface area contributed by atoms with Gasteiger partial charge in [0.2, 0.25) is 0 Å². The van der Waals surface area contributed by atoms with Crippen molar-refractivity contribution in [2.75, 3.05) is 12.8 Å². The first-order chi connectivity index (χ1) is 7.29. The molecule has 0 bridgehead atoms. The van der Waals surface area contributed by atoms with Gasteiger partial charge in [-0.2, -0.15) is 0 Å². The van der Waals surface area contributed by atoms with E-state index < -0.39 is 0 Å². The van der Waals surface area contributed by atoms with E-state index in [1.165, 1.54) is 11.8 Å². The highest BCUT2D eigenvalue weighted by Gasteiger charge is 2.09. The number of nitrogens with one attached hydrogen (secondary N) is 1. The molecule has 1 N–H and O–H groups in total. The van der Waals surface area contributed by atoms with E-state index >= 15 is 0 Å². The van der Waals surface area contributed by atoms with Gasteiger partial charge in [0.1, 0.15) is 5.03 Å². The molecule has 1 aromatic heterocycles. The zero-order valence-electron chi connectivity index (χ0n) is 9.12. The van der Waals surface area contributed by atoms with E-state index in [1.807, 2.05) is 6.26 Å². The Bertz CT molecular complexity index is 328. The normalized spacial score (nSPS) is 10.0. The standard InChI is InChI=1S/C11H16N2OS/c1-3-4-7-12-10(14)9-6-5-8-13-11(9)15-2/h5-6,8H,3-4,7H2,1-2H3,(H,12,14). The van der Waals surface area contributed by atoms with Crippen LogP contribution in [0, 0.1) is 0 Å². The molecule has 1 aromatic rings. The smallest absolute Gasteiger partial charge is 0.254 e. The van der Waals surface area contributed by atoms with Crippen LogP contribution >= 0.6 is 11.8 Å². The Morgan fingerprint density at radius 2 is 2.40 bits per heavy atom. The lowest BCUT2D eigenvalue weighted by Gasteiger charge is -2.06. The molecule has 0 aliphatic carbocycles. The predicted molar refractivity (Wildman–Crippen MR) is 63.3 cm³/mol. The van der Waals surface area contributed by atoms with Crippen molar-refractivity contribution in [3.8, 4) is 0 Å². The maximum atomic E-state index is 11.7. The van der Waals surface area contributed by atoms with E-state index in [0.29, 0.717) is 5.56 Å². The lowest BCUT2D eigenvalue weighted by molar-refractivity contribution is 0.0949. The molecule has 0 radical (unpaired) electrons. The summed E-state index contributed by atoms with van der Waals surface area (Å²) in [7, 11) is 0. The van der Waals surface area contributed by atoms with Crippen LogP contribution in [-0.2, 0) is 0 Å². The van der Waals surface area contributed by atoms with Crippen molar-refractivity contribution in [1.82, 2.24) is 10.3 Å². The third-order valence-electron chi connectivity index (χ3n) is 2.03. The van der Waals surface area contributed by atoms with Crippen molar-refractivity contribution in [3.05, 3.63) is 23.9 Å². The summed E-state index contributed by atoms with van der Waals surface area (Å²) in [5.74, 6) is -0.0269. The highest BCUT2D eigenvalue weighted by atomic mass is 32.2. The number of carbonyl (C=O) groups excluding carboxylic acids is 1. The van der Waals surface area contributed by atoms with Crippen molar-refractivity contribution < 1.29 is 4.79 Å². The number of rotatable bonds is 5. The maximum Gasteiger partial charge on any atom is 0.254 e. The quantitative estimate of drug-likeness (QED) is 0.616. The largest absolute Gasteiger partial charge is 0.352 e. The second-order valence-electron chi connectivity index (χ2n) is 3.17. The molecule has 0 aromatic carbocycles. The van der Waals surface area contributed by atoms with Gasteiger partial charge in [-0.25, -0.2) is 4.98 Å². The number of aromatic nitrogens is 1. The fourth-order valence-corrected chi connectivity index (χ4v) is 1.75. The summed E-state index contributed by atoms with van der Waals surface area (Å²) >= 11 is 1.49. The van der Waals surface area contributed by atoms with Gasteiger partial charge in [-0.1, -0.05) is 13.3 Å². The van der Waals surface area contributed by atoms with Crippen LogP contribution in [0.15, 0.2) is 23.4 Å². The summed E-state index contributed by atoms with van der Waals surface area (Å²) in [5, 5.41) is 3.67. The van der Waals surface area contributed by atoms with E-state index in [1.54, 1.807) is 18.3 Å². The Morgan fingerprint density at radius 1 is 1.60 bits per heavy atom. The molecule has 3 nitrogen and oxygen atoms in total. The Labute approximate surface area is 94.7 Å². The minimum Gasteiger partial charge on any atom is -0.352 e. The summed E-state index contributed by atoms with van der Waals surface area (Å²) in [6.45, 7) is 2.83. The maximum absolute atomic E-state index is 11.7. The van der Waals surface area contributed by atoms with E-state index in [0.717, 1.165) is 24.4 Å². The fourth-order valence-electron chi connectivity index (χ4n) is 1.20. The number of hydrogen-bond acceptors (Lipinski definition) is 3. The van der Waals surface area contributed by atoms with Crippen LogP contribution in [-0.4, -0.2) is 23.7 Å². The second kappa shape index (κ2) is 6.45. The number of hydrogen-bond donors (Lipinski definition) is 1. The van der Waals surface area contributed by atoms with Gasteiger partial charge in [0.25, 0.3) is 5.91 Å². The van der Waals surface area contributed by atoms with Crippen LogP contribution in [0.1, 0.15) is 30.1 Å². The molecule has 82 valence electrons. The van der Waals surface area contributed by atoms with E-state index in [4.69, 9.17) is 0 Å². The molecule has 4 heteroatoms. The van der Waals surface area contributed by atoms with Gasteiger partial charge in [0.05, 0.1) is 5.56 Å². The van der Waals surface area contributed by atoms with Gasteiger partial charge in [0, 0.05) is 12.7 Å². The minimum atomic E-state index is -0.0269. The average Bonchev–Trinajstić information content (AvgIpc) is 2.29. The number of carbonyl (C=O) groups is 1. The number of pyridine rings is 1. The molecule has 1 rings (SSSR count). The summed E-state index contributed by atoms with van der Waals surface area (Å²) in [5.41, 5.74) is 0.668. The van der Waals surface area contributed by atoms with Crippen LogP contribution in [0.4, 0.5) is 0 Å². The molecular formula is C11H16N2OS. The molecule has 0 saturated carbocycles. The second-order valence-corrected chi connectivity index (χ2v) is 3.96.